The van der Waals surface area contributed by atoms with E-state index in [0.29, 0.717) is 12.1 Å². The monoisotopic (exact) mass is 127 g/mol. The number of hydrogen-bond donors (Lipinski definition) is 1. The van der Waals surface area contributed by atoms with Gasteiger partial charge in [-0.25, -0.2) is 0 Å². The zero-order chi connectivity index (χ0) is 6.10. The van der Waals surface area contributed by atoms with E-state index in [0.717, 1.165) is 6.61 Å². The van der Waals surface area contributed by atoms with Gasteiger partial charge < -0.3 is 10.1 Å². The van der Waals surface area contributed by atoms with Crippen LogP contribution in [0.15, 0.2) is 0 Å². The quantitative estimate of drug-likeness (QED) is 0.512. The average Bonchev–Trinajstić information content (AvgIpc) is 2.46. The van der Waals surface area contributed by atoms with E-state index in [-0.39, 0.29) is 0 Å². The first-order valence-corrected chi connectivity index (χ1v) is 3.82. The van der Waals surface area contributed by atoms with Crippen LogP contribution in [0.2, 0.25) is 0 Å². The molecule has 0 aromatic carbocycles. The number of ether oxygens (including phenoxy) is 1. The fourth-order valence-corrected chi connectivity index (χ4v) is 1.32. The normalized spacial score (nSPS) is 42.7. The topological polar surface area (TPSA) is 21.3 Å². The molecule has 2 rings (SSSR count). The van der Waals surface area contributed by atoms with Crippen molar-refractivity contribution in [3.8, 4) is 0 Å². The van der Waals surface area contributed by atoms with Gasteiger partial charge in [0.15, 0.2) is 0 Å². The first-order valence-electron chi connectivity index (χ1n) is 3.82. The van der Waals surface area contributed by atoms with E-state index < -0.39 is 0 Å². The van der Waals surface area contributed by atoms with Gasteiger partial charge in [0.25, 0.3) is 0 Å². The van der Waals surface area contributed by atoms with Crippen molar-refractivity contribution >= 4 is 0 Å². The van der Waals surface area contributed by atoms with Gasteiger partial charge in [-0.15, -0.1) is 0 Å². The Balaban J connectivity index is 1.81. The summed E-state index contributed by atoms with van der Waals surface area (Å²) in [7, 11) is 0. The molecule has 2 nitrogen and oxygen atoms in total. The van der Waals surface area contributed by atoms with Gasteiger partial charge in [-0.3, -0.25) is 0 Å². The number of hydrogen-bond acceptors (Lipinski definition) is 2. The summed E-state index contributed by atoms with van der Waals surface area (Å²) in [6, 6.07) is 0.713. The zero-order valence-corrected chi connectivity index (χ0v) is 5.60. The summed E-state index contributed by atoms with van der Waals surface area (Å²) in [6.07, 6.45) is 4.34. The Bertz CT molecular complexity index is 93.1. The Morgan fingerprint density at radius 2 is 2.33 bits per heavy atom. The van der Waals surface area contributed by atoms with Gasteiger partial charge >= 0.3 is 0 Å². The van der Waals surface area contributed by atoms with E-state index in [9.17, 15) is 0 Å². The second kappa shape index (κ2) is 2.27. The predicted molar refractivity (Wildman–Crippen MR) is 35.4 cm³/mol. The highest BCUT2D eigenvalue weighted by Crippen LogP contribution is 2.26. The molecule has 2 fully saturated rings. The highest BCUT2D eigenvalue weighted by molar-refractivity contribution is 4.95. The minimum atomic E-state index is 0.574. The van der Waals surface area contributed by atoms with Gasteiger partial charge in [0.1, 0.15) is 0 Å². The molecular weight excluding hydrogens is 114 g/mol. The molecule has 0 aromatic rings. The Hall–Kier alpha value is -0.0800. The van der Waals surface area contributed by atoms with Crippen LogP contribution in [-0.2, 0) is 4.74 Å². The van der Waals surface area contributed by atoms with Crippen LogP contribution in [0.4, 0.5) is 0 Å². The third kappa shape index (κ3) is 1.25. The van der Waals surface area contributed by atoms with Crippen molar-refractivity contribution in [2.45, 2.75) is 31.4 Å². The molecule has 9 heavy (non-hydrogen) atoms. The van der Waals surface area contributed by atoms with Crippen molar-refractivity contribution in [3.05, 3.63) is 0 Å². The highest BCUT2D eigenvalue weighted by atomic mass is 16.5. The fourth-order valence-electron chi connectivity index (χ4n) is 1.32. The third-order valence-electron chi connectivity index (χ3n) is 2.04. The van der Waals surface area contributed by atoms with Crippen LogP contribution in [0.1, 0.15) is 19.3 Å². The van der Waals surface area contributed by atoms with Crippen molar-refractivity contribution in [2.24, 2.45) is 0 Å². The molecule has 2 aliphatic rings. The number of nitrogens with one attached hydrogen (secondary N) is 1. The van der Waals surface area contributed by atoms with Gasteiger partial charge in [0.2, 0.25) is 0 Å². The summed E-state index contributed by atoms with van der Waals surface area (Å²) in [6.45, 7) is 2.19. The predicted octanol–water partition coefficient (Wildman–Crippen LogP) is 0.527. The maximum absolute atomic E-state index is 5.49. The fraction of sp³-hybridized carbons (Fsp3) is 1.00. The molecule has 2 heteroatoms. The molecule has 0 radical (unpaired) electrons. The lowest BCUT2D eigenvalue weighted by molar-refractivity contribution is 0.103. The highest BCUT2D eigenvalue weighted by Gasteiger charge is 2.37. The molecule has 2 unspecified atom stereocenters. The van der Waals surface area contributed by atoms with Crippen LogP contribution in [0.25, 0.3) is 0 Å². The maximum Gasteiger partial charge on any atom is 0.0744 e. The average molecular weight is 127 g/mol. The largest absolute Gasteiger partial charge is 0.377 e. The molecule has 1 saturated heterocycles. The Kier molecular flexibility index (Phi) is 1.44. The van der Waals surface area contributed by atoms with Crippen LogP contribution >= 0.6 is 0 Å². The molecule has 1 aliphatic carbocycles. The van der Waals surface area contributed by atoms with E-state index >= 15 is 0 Å². The van der Waals surface area contributed by atoms with Crippen molar-refractivity contribution in [1.29, 1.82) is 0 Å². The summed E-state index contributed by atoms with van der Waals surface area (Å²) in [5.41, 5.74) is 0. The lowest BCUT2D eigenvalue weighted by Gasteiger charge is -2.08. The zero-order valence-electron chi connectivity index (χ0n) is 5.60. The first-order chi connectivity index (χ1) is 4.47. The van der Waals surface area contributed by atoms with Crippen LogP contribution in [0, 0.1) is 0 Å². The van der Waals surface area contributed by atoms with E-state index in [2.05, 4.69) is 5.32 Å². The van der Waals surface area contributed by atoms with Crippen molar-refractivity contribution in [3.63, 3.8) is 0 Å². The van der Waals surface area contributed by atoms with Gasteiger partial charge in [0, 0.05) is 12.6 Å². The van der Waals surface area contributed by atoms with Crippen molar-refractivity contribution in [2.75, 3.05) is 13.2 Å². The SMILES string of the molecule is C1CCOC2CC2NC1. The van der Waals surface area contributed by atoms with E-state index in [1.807, 2.05) is 0 Å². The maximum atomic E-state index is 5.49. The first kappa shape index (κ1) is 5.69. The lowest BCUT2D eigenvalue weighted by atomic mass is 10.3. The Labute approximate surface area is 55.6 Å². The third-order valence-corrected chi connectivity index (χ3v) is 2.04. The summed E-state index contributed by atoms with van der Waals surface area (Å²) in [4.78, 5) is 0. The van der Waals surface area contributed by atoms with Crippen molar-refractivity contribution < 1.29 is 4.74 Å². The molecule has 0 amide bonds. The molecule has 52 valence electrons. The second-order valence-corrected chi connectivity index (χ2v) is 2.91. The lowest BCUT2D eigenvalue weighted by Crippen LogP contribution is -2.24. The van der Waals surface area contributed by atoms with Crippen LogP contribution < -0.4 is 5.32 Å². The van der Waals surface area contributed by atoms with E-state index in [1.54, 1.807) is 0 Å². The van der Waals surface area contributed by atoms with E-state index in [1.165, 1.54) is 25.8 Å². The summed E-state index contributed by atoms with van der Waals surface area (Å²) < 4.78 is 5.49. The standard InChI is InChI=1S/C7H13NO/c1-2-4-9-7-5-6(7)8-3-1/h6-8H,1-5H2. The van der Waals surface area contributed by atoms with Crippen LogP contribution in [0.5, 0.6) is 0 Å². The summed E-state index contributed by atoms with van der Waals surface area (Å²) in [5, 5.41) is 3.43. The van der Waals surface area contributed by atoms with Crippen LogP contribution in [-0.4, -0.2) is 25.3 Å². The van der Waals surface area contributed by atoms with E-state index in [4.69, 9.17) is 4.74 Å². The molecule has 0 bridgehead atoms. The molecular formula is C7H13NO. The van der Waals surface area contributed by atoms with Crippen molar-refractivity contribution in [1.82, 2.24) is 5.32 Å². The number of rotatable bonds is 0. The molecule has 2 atom stereocenters. The molecule has 1 aliphatic heterocycles. The Morgan fingerprint density at radius 1 is 1.33 bits per heavy atom. The summed E-state index contributed by atoms with van der Waals surface area (Å²) in [5.74, 6) is 0. The van der Waals surface area contributed by atoms with Gasteiger partial charge in [-0.05, 0) is 25.8 Å². The molecule has 1 N–H and O–H groups in total. The summed E-state index contributed by atoms with van der Waals surface area (Å²) >= 11 is 0. The molecule has 1 heterocycles. The van der Waals surface area contributed by atoms with Gasteiger partial charge in [-0.2, -0.15) is 0 Å². The minimum absolute atomic E-state index is 0.574. The molecule has 0 spiro atoms. The second-order valence-electron chi connectivity index (χ2n) is 2.91. The minimum Gasteiger partial charge on any atom is -0.377 e. The molecule has 1 saturated carbocycles. The Morgan fingerprint density at radius 3 is 3.33 bits per heavy atom. The van der Waals surface area contributed by atoms with Gasteiger partial charge in [0.05, 0.1) is 6.10 Å². The number of fused-ring (bicyclic) bond motifs is 1. The molecule has 0 aromatic heterocycles. The smallest absolute Gasteiger partial charge is 0.0744 e. The van der Waals surface area contributed by atoms with Gasteiger partial charge in [-0.1, -0.05) is 0 Å². The van der Waals surface area contributed by atoms with Crippen LogP contribution in [0.3, 0.4) is 0 Å².